The number of aryl methyl sites for hydroxylation is 1. The number of hydrogen-bond donors (Lipinski definition) is 1. The summed E-state index contributed by atoms with van der Waals surface area (Å²) in [6, 6.07) is 6.87. The van der Waals surface area contributed by atoms with Gasteiger partial charge in [0.25, 0.3) is 5.91 Å². The molecule has 9 nitrogen and oxygen atoms in total. The summed E-state index contributed by atoms with van der Waals surface area (Å²) in [6.45, 7) is 6.41. The number of fused-ring (bicyclic) bond motifs is 1. The number of ether oxygens (including phenoxy) is 2. The highest BCUT2D eigenvalue weighted by Gasteiger charge is 2.32. The van der Waals surface area contributed by atoms with Gasteiger partial charge < -0.3 is 14.8 Å². The highest BCUT2D eigenvalue weighted by molar-refractivity contribution is 7.91. The number of hydrogen-bond acceptors (Lipinski definition) is 7. The second kappa shape index (κ2) is 9.25. The van der Waals surface area contributed by atoms with Crippen LogP contribution in [0.2, 0.25) is 0 Å². The molecule has 1 aliphatic heterocycles. The number of pyridine rings is 1. The number of nitrogens with one attached hydrogen (secondary N) is 1. The molecule has 0 aliphatic carbocycles. The van der Waals surface area contributed by atoms with Crippen molar-refractivity contribution in [3.63, 3.8) is 0 Å². The molecule has 0 saturated carbocycles. The van der Waals surface area contributed by atoms with Crippen LogP contribution in [-0.4, -0.2) is 61.4 Å². The lowest BCUT2D eigenvalue weighted by atomic mass is 10.0. The maximum Gasteiger partial charge on any atom is 0.252 e. The van der Waals surface area contributed by atoms with E-state index in [1.54, 1.807) is 37.1 Å². The molecular formula is C24H30N4O5S. The Morgan fingerprint density at radius 3 is 2.56 bits per heavy atom. The predicted molar refractivity (Wildman–Crippen MR) is 130 cm³/mol. The fourth-order valence-corrected chi connectivity index (χ4v) is 5.94. The number of amides is 1. The van der Waals surface area contributed by atoms with Crippen LogP contribution in [0.4, 0.5) is 0 Å². The molecule has 0 spiro atoms. The van der Waals surface area contributed by atoms with Gasteiger partial charge in [-0.2, -0.15) is 5.10 Å². The molecule has 1 fully saturated rings. The van der Waals surface area contributed by atoms with Gasteiger partial charge in [-0.3, -0.25) is 4.79 Å². The van der Waals surface area contributed by atoms with E-state index in [0.29, 0.717) is 58.4 Å². The third-order valence-corrected chi connectivity index (χ3v) is 7.74. The van der Waals surface area contributed by atoms with Gasteiger partial charge in [0.2, 0.25) is 0 Å². The second-order valence-corrected chi connectivity index (χ2v) is 11.2. The van der Waals surface area contributed by atoms with E-state index in [-0.39, 0.29) is 23.5 Å². The van der Waals surface area contributed by atoms with Crippen LogP contribution in [-0.2, 0) is 9.84 Å². The third kappa shape index (κ3) is 4.59. The zero-order chi connectivity index (χ0) is 24.6. The monoisotopic (exact) mass is 486 g/mol. The fourth-order valence-electron chi connectivity index (χ4n) is 4.25. The zero-order valence-corrected chi connectivity index (χ0v) is 20.9. The number of carbonyl (C=O) groups is 1. The van der Waals surface area contributed by atoms with Crippen molar-refractivity contribution in [1.82, 2.24) is 20.1 Å². The Morgan fingerprint density at radius 1 is 1.21 bits per heavy atom. The van der Waals surface area contributed by atoms with Crippen LogP contribution in [0.15, 0.2) is 24.3 Å². The Labute approximate surface area is 199 Å². The van der Waals surface area contributed by atoms with Gasteiger partial charge in [0.15, 0.2) is 27.0 Å². The average molecular weight is 487 g/mol. The summed E-state index contributed by atoms with van der Waals surface area (Å²) in [7, 11) is -0.00191. The number of nitrogens with zero attached hydrogens (tertiary/aromatic N) is 3. The SMILES string of the molecule is COc1ccc(-c2cc(C(=O)NCC(C)C)c3c(C)nn(C4CCS(=O)(=O)C4)c3n2)cc1OC. The molecule has 0 radical (unpaired) electrons. The van der Waals surface area contributed by atoms with E-state index in [1.165, 1.54) is 0 Å². The minimum Gasteiger partial charge on any atom is -0.493 e. The topological polar surface area (TPSA) is 112 Å². The maximum atomic E-state index is 13.2. The van der Waals surface area contributed by atoms with Crippen molar-refractivity contribution >= 4 is 26.8 Å². The van der Waals surface area contributed by atoms with Crippen molar-refractivity contribution in [1.29, 1.82) is 0 Å². The molecule has 0 bridgehead atoms. The van der Waals surface area contributed by atoms with Crippen molar-refractivity contribution in [2.24, 2.45) is 5.92 Å². The molecule has 4 rings (SSSR count). The van der Waals surface area contributed by atoms with Gasteiger partial charge in [0, 0.05) is 12.1 Å². The molecular weight excluding hydrogens is 456 g/mol. The highest BCUT2D eigenvalue weighted by Crippen LogP contribution is 2.35. The summed E-state index contributed by atoms with van der Waals surface area (Å²) < 4.78 is 36.8. The van der Waals surface area contributed by atoms with Crippen LogP contribution < -0.4 is 14.8 Å². The molecule has 1 atom stereocenters. The highest BCUT2D eigenvalue weighted by atomic mass is 32.2. The largest absolute Gasteiger partial charge is 0.493 e. The summed E-state index contributed by atoms with van der Waals surface area (Å²) in [5.74, 6) is 1.33. The molecule has 3 heterocycles. The Bertz CT molecular complexity index is 1350. The lowest BCUT2D eigenvalue weighted by Crippen LogP contribution is -2.27. The predicted octanol–water partition coefficient (Wildman–Crippen LogP) is 3.17. The van der Waals surface area contributed by atoms with Crippen LogP contribution in [0.3, 0.4) is 0 Å². The Kier molecular flexibility index (Phi) is 6.53. The first kappa shape index (κ1) is 24.0. The summed E-state index contributed by atoms with van der Waals surface area (Å²) in [5, 5.41) is 8.26. The molecule has 1 amide bonds. The molecule has 1 unspecified atom stereocenters. The Morgan fingerprint density at radius 2 is 1.94 bits per heavy atom. The smallest absolute Gasteiger partial charge is 0.252 e. The molecule has 10 heteroatoms. The van der Waals surface area contributed by atoms with Gasteiger partial charge in [-0.05, 0) is 43.5 Å². The molecule has 34 heavy (non-hydrogen) atoms. The van der Waals surface area contributed by atoms with E-state index in [2.05, 4.69) is 10.4 Å². The molecule has 2 aromatic heterocycles. The molecule has 1 aromatic carbocycles. The number of carbonyl (C=O) groups excluding carboxylic acids is 1. The quantitative estimate of drug-likeness (QED) is 0.546. The minimum absolute atomic E-state index is 0.0143. The van der Waals surface area contributed by atoms with Gasteiger partial charge in [-0.15, -0.1) is 0 Å². The fraction of sp³-hybridized carbons (Fsp3) is 0.458. The Balaban J connectivity index is 1.91. The van der Waals surface area contributed by atoms with Crippen LogP contribution in [0.5, 0.6) is 11.5 Å². The van der Waals surface area contributed by atoms with Crippen LogP contribution in [0.25, 0.3) is 22.3 Å². The summed E-state index contributed by atoms with van der Waals surface area (Å²) in [6.07, 6.45) is 0.468. The van der Waals surface area contributed by atoms with Crippen LogP contribution >= 0.6 is 0 Å². The van der Waals surface area contributed by atoms with E-state index >= 15 is 0 Å². The first-order valence-electron chi connectivity index (χ1n) is 11.2. The van der Waals surface area contributed by atoms with Crippen LogP contribution in [0, 0.1) is 12.8 Å². The minimum atomic E-state index is -3.12. The van der Waals surface area contributed by atoms with E-state index in [0.717, 1.165) is 5.56 Å². The number of methoxy groups -OCH3 is 2. The second-order valence-electron chi connectivity index (χ2n) is 9.01. The molecule has 3 aromatic rings. The molecule has 1 saturated heterocycles. The third-order valence-electron chi connectivity index (χ3n) is 5.99. The number of benzene rings is 1. The first-order chi connectivity index (χ1) is 16.1. The van der Waals surface area contributed by atoms with Gasteiger partial charge in [0.05, 0.1) is 54.1 Å². The number of sulfone groups is 1. The van der Waals surface area contributed by atoms with Gasteiger partial charge in [-0.1, -0.05) is 13.8 Å². The van der Waals surface area contributed by atoms with Crippen molar-refractivity contribution in [2.45, 2.75) is 33.2 Å². The van der Waals surface area contributed by atoms with Crippen molar-refractivity contribution in [3.05, 3.63) is 35.5 Å². The summed E-state index contributed by atoms with van der Waals surface area (Å²) in [4.78, 5) is 18.1. The van der Waals surface area contributed by atoms with Crippen molar-refractivity contribution in [2.75, 3.05) is 32.3 Å². The summed E-state index contributed by atoms with van der Waals surface area (Å²) in [5.41, 5.74) is 2.90. The van der Waals surface area contributed by atoms with E-state index < -0.39 is 9.84 Å². The lowest BCUT2D eigenvalue weighted by Gasteiger charge is -2.14. The number of aromatic nitrogens is 3. The van der Waals surface area contributed by atoms with Gasteiger partial charge in [-0.25, -0.2) is 18.1 Å². The van der Waals surface area contributed by atoms with Gasteiger partial charge in [0.1, 0.15) is 0 Å². The van der Waals surface area contributed by atoms with Crippen molar-refractivity contribution in [3.8, 4) is 22.8 Å². The molecule has 182 valence electrons. The molecule has 1 aliphatic rings. The lowest BCUT2D eigenvalue weighted by molar-refractivity contribution is 0.0950. The zero-order valence-electron chi connectivity index (χ0n) is 20.1. The van der Waals surface area contributed by atoms with Crippen molar-refractivity contribution < 1.29 is 22.7 Å². The van der Waals surface area contributed by atoms with E-state index in [1.807, 2.05) is 26.8 Å². The summed E-state index contributed by atoms with van der Waals surface area (Å²) >= 11 is 0. The first-order valence-corrected chi connectivity index (χ1v) is 13.1. The standard InChI is InChI=1S/C24H30N4O5S/c1-14(2)12-25-24(29)18-11-19(16-6-7-20(32-4)21(10-16)33-5)26-23-22(18)15(3)27-28(23)17-8-9-34(30,31)13-17/h6-7,10-11,14,17H,8-9,12-13H2,1-5H3,(H,25,29). The van der Waals surface area contributed by atoms with E-state index in [9.17, 15) is 13.2 Å². The normalized spacial score (nSPS) is 17.3. The Hall–Kier alpha value is -3.14. The molecule has 1 N–H and O–H groups in total. The van der Waals surface area contributed by atoms with Crippen LogP contribution in [0.1, 0.15) is 42.4 Å². The maximum absolute atomic E-state index is 13.2. The number of rotatable bonds is 7. The average Bonchev–Trinajstić information content (AvgIpc) is 3.34. The van der Waals surface area contributed by atoms with E-state index in [4.69, 9.17) is 14.5 Å². The van der Waals surface area contributed by atoms with Gasteiger partial charge >= 0.3 is 0 Å².